The van der Waals surface area contributed by atoms with E-state index in [9.17, 15) is 4.21 Å². The fourth-order valence-corrected chi connectivity index (χ4v) is 2.61. The summed E-state index contributed by atoms with van der Waals surface area (Å²) in [6, 6.07) is 7.92. The van der Waals surface area contributed by atoms with Crippen LogP contribution in [0.15, 0.2) is 28.7 Å². The van der Waals surface area contributed by atoms with Crippen LogP contribution in [0.1, 0.15) is 25.8 Å². The molecule has 5 heteroatoms. The van der Waals surface area contributed by atoms with Crippen LogP contribution in [0.4, 0.5) is 0 Å². The largest absolute Gasteiger partial charge is 0.235 e. The quantitative estimate of drug-likeness (QED) is 0.783. The van der Waals surface area contributed by atoms with Crippen LogP contribution in [0.2, 0.25) is 0 Å². The Bertz CT molecular complexity index is 548. The van der Waals surface area contributed by atoms with E-state index in [4.69, 9.17) is 0 Å². The van der Waals surface area contributed by atoms with E-state index in [0.717, 1.165) is 15.2 Å². The summed E-state index contributed by atoms with van der Waals surface area (Å²) in [5.41, 5.74) is 0.959. The first kappa shape index (κ1) is 12.4. The van der Waals surface area contributed by atoms with Crippen LogP contribution in [-0.4, -0.2) is 20.2 Å². The standard InChI is InChI=1S/C12H14N2OS2/c1-12(2,3)17(15)13-8-11-14-9-6-4-5-7-10(9)16-11/h4-8H,1-3H3/b13-8+/t17-/m1/s1. The maximum Gasteiger partial charge on any atom is 0.144 e. The van der Waals surface area contributed by atoms with E-state index in [1.807, 2.05) is 45.0 Å². The van der Waals surface area contributed by atoms with Crippen LogP contribution in [0.3, 0.4) is 0 Å². The van der Waals surface area contributed by atoms with Crippen molar-refractivity contribution in [2.75, 3.05) is 0 Å². The minimum absolute atomic E-state index is 0.326. The Morgan fingerprint density at radius 2 is 2.06 bits per heavy atom. The lowest BCUT2D eigenvalue weighted by atomic mass is 10.3. The van der Waals surface area contributed by atoms with Gasteiger partial charge < -0.3 is 0 Å². The summed E-state index contributed by atoms with van der Waals surface area (Å²) in [4.78, 5) is 4.40. The molecule has 0 saturated heterocycles. The second-order valence-electron chi connectivity index (χ2n) is 4.62. The van der Waals surface area contributed by atoms with Crippen molar-refractivity contribution in [3.8, 4) is 0 Å². The van der Waals surface area contributed by atoms with Crippen LogP contribution in [0.5, 0.6) is 0 Å². The van der Waals surface area contributed by atoms with Crippen molar-refractivity contribution in [2.45, 2.75) is 25.5 Å². The molecule has 1 atom stereocenters. The first-order valence-electron chi connectivity index (χ1n) is 5.28. The number of para-hydroxylation sites is 1. The molecule has 0 amide bonds. The molecule has 1 aromatic carbocycles. The number of aromatic nitrogens is 1. The Hall–Kier alpha value is -1.07. The highest BCUT2D eigenvalue weighted by Gasteiger charge is 2.18. The highest BCUT2D eigenvalue weighted by molar-refractivity contribution is 7.85. The molecule has 3 nitrogen and oxygen atoms in total. The second kappa shape index (κ2) is 4.66. The average molecular weight is 266 g/mol. The number of hydrogen-bond acceptors (Lipinski definition) is 3. The molecule has 17 heavy (non-hydrogen) atoms. The third-order valence-electron chi connectivity index (χ3n) is 2.09. The molecule has 0 spiro atoms. The lowest BCUT2D eigenvalue weighted by molar-refractivity contribution is 0.651. The predicted octanol–water partition coefficient (Wildman–Crippen LogP) is 3.18. The van der Waals surface area contributed by atoms with E-state index in [0.29, 0.717) is 0 Å². The van der Waals surface area contributed by atoms with E-state index in [1.54, 1.807) is 17.6 Å². The van der Waals surface area contributed by atoms with Gasteiger partial charge in [0.1, 0.15) is 16.0 Å². The van der Waals surface area contributed by atoms with E-state index in [2.05, 4.69) is 9.38 Å². The van der Waals surface area contributed by atoms with Crippen LogP contribution >= 0.6 is 11.3 Å². The van der Waals surface area contributed by atoms with Crippen LogP contribution < -0.4 is 0 Å². The van der Waals surface area contributed by atoms with E-state index >= 15 is 0 Å². The number of nitrogens with zero attached hydrogens (tertiary/aromatic N) is 2. The Kier molecular flexibility index (Phi) is 3.40. The summed E-state index contributed by atoms with van der Waals surface area (Å²) in [7, 11) is -1.22. The summed E-state index contributed by atoms with van der Waals surface area (Å²) in [5, 5.41) is 0.795. The van der Waals surface area contributed by atoms with Gasteiger partial charge in [-0.05, 0) is 32.9 Å². The van der Waals surface area contributed by atoms with E-state index < -0.39 is 11.0 Å². The smallest absolute Gasteiger partial charge is 0.144 e. The third kappa shape index (κ3) is 2.98. The molecule has 0 fully saturated rings. The van der Waals surface area contributed by atoms with Gasteiger partial charge in [-0.25, -0.2) is 9.19 Å². The molecule has 2 rings (SSSR count). The zero-order valence-electron chi connectivity index (χ0n) is 10.0. The highest BCUT2D eigenvalue weighted by atomic mass is 32.2. The van der Waals surface area contributed by atoms with Crippen molar-refractivity contribution in [1.29, 1.82) is 0 Å². The molecule has 0 bridgehead atoms. The molecule has 0 aliphatic heterocycles. The minimum atomic E-state index is -1.22. The minimum Gasteiger partial charge on any atom is -0.235 e. The van der Waals surface area contributed by atoms with Gasteiger partial charge in [0.05, 0.1) is 21.2 Å². The first-order chi connectivity index (χ1) is 7.97. The number of hydrogen-bond donors (Lipinski definition) is 0. The zero-order valence-corrected chi connectivity index (χ0v) is 11.6. The summed E-state index contributed by atoms with van der Waals surface area (Å²) < 4.78 is 16.6. The molecule has 1 heterocycles. The third-order valence-corrected chi connectivity index (χ3v) is 4.41. The molecule has 0 aliphatic rings. The molecule has 0 unspecified atom stereocenters. The van der Waals surface area contributed by atoms with Gasteiger partial charge in [-0.1, -0.05) is 12.1 Å². The zero-order chi connectivity index (χ0) is 12.5. The van der Waals surface area contributed by atoms with E-state index in [1.165, 1.54) is 0 Å². The molecule has 0 aliphatic carbocycles. The number of benzene rings is 1. The average Bonchev–Trinajstić information content (AvgIpc) is 2.66. The normalized spacial score (nSPS) is 14.5. The Morgan fingerprint density at radius 1 is 1.35 bits per heavy atom. The lowest BCUT2D eigenvalue weighted by Gasteiger charge is -2.12. The summed E-state index contributed by atoms with van der Waals surface area (Å²) >= 11 is 1.56. The molecule has 1 aromatic heterocycles. The Labute approximate surface area is 107 Å². The second-order valence-corrected chi connectivity index (χ2v) is 7.61. The monoisotopic (exact) mass is 266 g/mol. The molecular weight excluding hydrogens is 252 g/mol. The van der Waals surface area contributed by atoms with Crippen molar-refractivity contribution in [3.63, 3.8) is 0 Å². The van der Waals surface area contributed by atoms with Crippen molar-refractivity contribution in [2.24, 2.45) is 4.40 Å². The molecule has 0 radical (unpaired) electrons. The fraction of sp³-hybridized carbons (Fsp3) is 0.333. The number of fused-ring (bicyclic) bond motifs is 1. The van der Waals surface area contributed by atoms with Crippen LogP contribution in [0, 0.1) is 0 Å². The van der Waals surface area contributed by atoms with Gasteiger partial charge in [-0.2, -0.15) is 4.40 Å². The van der Waals surface area contributed by atoms with Crippen LogP contribution in [0.25, 0.3) is 10.2 Å². The highest BCUT2D eigenvalue weighted by Crippen LogP contribution is 2.20. The Morgan fingerprint density at radius 3 is 2.71 bits per heavy atom. The molecule has 0 saturated carbocycles. The number of thiazole rings is 1. The molecular formula is C12H14N2OS2. The van der Waals surface area contributed by atoms with Gasteiger partial charge in [0, 0.05) is 0 Å². The first-order valence-corrected chi connectivity index (χ1v) is 7.21. The van der Waals surface area contributed by atoms with Crippen molar-refractivity contribution >= 4 is 38.8 Å². The van der Waals surface area contributed by atoms with Crippen molar-refractivity contribution in [1.82, 2.24) is 4.98 Å². The SMILES string of the molecule is CC(C)(C)[S@@](=O)/N=C/c1nc2ccccc2s1. The summed E-state index contributed by atoms with van der Waals surface area (Å²) in [5.74, 6) is 0. The summed E-state index contributed by atoms with van der Waals surface area (Å²) in [6.07, 6.45) is 1.60. The maximum atomic E-state index is 11.7. The lowest BCUT2D eigenvalue weighted by Crippen LogP contribution is -2.19. The Balaban J connectivity index is 2.24. The van der Waals surface area contributed by atoms with Crippen LogP contribution in [-0.2, 0) is 11.0 Å². The van der Waals surface area contributed by atoms with Gasteiger partial charge in [0.25, 0.3) is 0 Å². The van der Waals surface area contributed by atoms with Gasteiger partial charge >= 0.3 is 0 Å². The van der Waals surface area contributed by atoms with Gasteiger partial charge in [-0.15, -0.1) is 11.3 Å². The molecule has 90 valence electrons. The maximum absolute atomic E-state index is 11.7. The van der Waals surface area contributed by atoms with E-state index in [-0.39, 0.29) is 4.75 Å². The summed E-state index contributed by atoms with van der Waals surface area (Å²) in [6.45, 7) is 5.70. The van der Waals surface area contributed by atoms with Gasteiger partial charge in [0.15, 0.2) is 0 Å². The topological polar surface area (TPSA) is 42.3 Å². The molecule has 0 N–H and O–H groups in total. The fourth-order valence-electron chi connectivity index (χ4n) is 1.20. The number of rotatable bonds is 2. The molecule has 2 aromatic rings. The van der Waals surface area contributed by atoms with Crippen molar-refractivity contribution < 1.29 is 4.21 Å². The van der Waals surface area contributed by atoms with Gasteiger partial charge in [-0.3, -0.25) is 0 Å². The van der Waals surface area contributed by atoms with Crippen molar-refractivity contribution in [3.05, 3.63) is 29.3 Å². The van der Waals surface area contributed by atoms with Gasteiger partial charge in [0.2, 0.25) is 0 Å². The predicted molar refractivity (Wildman–Crippen MR) is 75.1 cm³/mol.